The third-order valence-electron chi connectivity index (χ3n) is 5.37. The van der Waals surface area contributed by atoms with E-state index in [1.54, 1.807) is 12.1 Å². The summed E-state index contributed by atoms with van der Waals surface area (Å²) in [7, 11) is 0. The predicted molar refractivity (Wildman–Crippen MR) is 122 cm³/mol. The Hall–Kier alpha value is -3.07. The van der Waals surface area contributed by atoms with Crippen LogP contribution < -0.4 is 15.8 Å². The minimum absolute atomic E-state index is 0.0501. The summed E-state index contributed by atoms with van der Waals surface area (Å²) in [5.41, 5.74) is 1.12. The van der Waals surface area contributed by atoms with Crippen molar-refractivity contribution < 1.29 is 9.59 Å². The SMILES string of the molecule is CC(C)(C)c1csc(NC(=O)c2ccn3c(=O)c(C=O)c(N4CCCCC4)nc3c2)n1. The Kier molecular flexibility index (Phi) is 5.62. The molecule has 0 radical (unpaired) electrons. The van der Waals surface area contributed by atoms with Crippen LogP contribution in [-0.4, -0.2) is 39.7 Å². The molecule has 0 atom stereocenters. The van der Waals surface area contributed by atoms with Crippen molar-refractivity contribution in [1.82, 2.24) is 14.4 Å². The van der Waals surface area contributed by atoms with Gasteiger partial charge < -0.3 is 4.90 Å². The highest BCUT2D eigenvalue weighted by atomic mass is 32.1. The number of aldehydes is 1. The molecule has 0 aromatic carbocycles. The van der Waals surface area contributed by atoms with Gasteiger partial charge in [-0.1, -0.05) is 20.8 Å². The maximum Gasteiger partial charge on any atom is 0.270 e. The molecule has 0 spiro atoms. The maximum atomic E-state index is 12.8. The monoisotopic (exact) mass is 439 g/mol. The van der Waals surface area contributed by atoms with Crippen LogP contribution in [0.3, 0.4) is 0 Å². The number of thiazole rings is 1. The second-order valence-corrected chi connectivity index (χ2v) is 9.56. The Labute approximate surface area is 183 Å². The van der Waals surface area contributed by atoms with Crippen LogP contribution in [0.2, 0.25) is 0 Å². The first-order valence-electron chi connectivity index (χ1n) is 10.3. The molecule has 1 aliphatic heterocycles. The number of amides is 1. The van der Waals surface area contributed by atoms with E-state index >= 15 is 0 Å². The zero-order valence-electron chi connectivity index (χ0n) is 17.8. The van der Waals surface area contributed by atoms with Crippen molar-refractivity contribution in [1.29, 1.82) is 0 Å². The highest BCUT2D eigenvalue weighted by Gasteiger charge is 2.21. The first-order chi connectivity index (χ1) is 14.8. The Bertz CT molecular complexity index is 1200. The number of nitrogens with zero attached hydrogens (tertiary/aromatic N) is 4. The fraction of sp³-hybridized carbons (Fsp3) is 0.409. The van der Waals surface area contributed by atoms with Gasteiger partial charge in [-0.25, -0.2) is 9.97 Å². The Morgan fingerprint density at radius 2 is 1.94 bits per heavy atom. The van der Waals surface area contributed by atoms with Crippen LogP contribution in [0, 0.1) is 0 Å². The summed E-state index contributed by atoms with van der Waals surface area (Å²) in [6.45, 7) is 7.70. The van der Waals surface area contributed by atoms with Crippen molar-refractivity contribution in [2.75, 3.05) is 23.3 Å². The highest BCUT2D eigenvalue weighted by molar-refractivity contribution is 7.14. The molecule has 1 saturated heterocycles. The van der Waals surface area contributed by atoms with Crippen LogP contribution >= 0.6 is 11.3 Å². The molecule has 8 nitrogen and oxygen atoms in total. The molecule has 0 unspecified atom stereocenters. The van der Waals surface area contributed by atoms with E-state index in [1.807, 2.05) is 10.3 Å². The molecular weight excluding hydrogens is 414 g/mol. The number of fused-ring (bicyclic) bond motifs is 1. The Morgan fingerprint density at radius 1 is 1.19 bits per heavy atom. The Morgan fingerprint density at radius 3 is 2.58 bits per heavy atom. The average molecular weight is 440 g/mol. The fourth-order valence-electron chi connectivity index (χ4n) is 3.58. The highest BCUT2D eigenvalue weighted by Crippen LogP contribution is 2.27. The largest absolute Gasteiger partial charge is 0.356 e. The third-order valence-corrected chi connectivity index (χ3v) is 6.13. The fourth-order valence-corrected chi connectivity index (χ4v) is 4.51. The Balaban J connectivity index is 1.68. The molecule has 1 amide bonds. The number of piperidine rings is 1. The normalized spacial score (nSPS) is 14.6. The lowest BCUT2D eigenvalue weighted by molar-refractivity contribution is 0.102. The molecule has 31 heavy (non-hydrogen) atoms. The van der Waals surface area contributed by atoms with Crippen LogP contribution in [0.4, 0.5) is 10.9 Å². The van der Waals surface area contributed by atoms with E-state index in [0.717, 1.165) is 38.0 Å². The lowest BCUT2D eigenvalue weighted by atomic mass is 9.93. The number of nitrogens with one attached hydrogen (secondary N) is 1. The van der Waals surface area contributed by atoms with Crippen molar-refractivity contribution in [2.45, 2.75) is 45.4 Å². The summed E-state index contributed by atoms with van der Waals surface area (Å²) >= 11 is 1.37. The number of aromatic nitrogens is 3. The van der Waals surface area contributed by atoms with Gasteiger partial charge in [-0.3, -0.25) is 24.1 Å². The van der Waals surface area contributed by atoms with Crippen LogP contribution in [0.5, 0.6) is 0 Å². The van der Waals surface area contributed by atoms with E-state index in [4.69, 9.17) is 0 Å². The molecule has 4 rings (SSSR count). The molecule has 4 heterocycles. The average Bonchev–Trinajstić information content (AvgIpc) is 3.23. The molecule has 0 aliphatic carbocycles. The standard InChI is InChI=1S/C22H25N5O3S/c1-22(2,3)16-13-31-21(23-16)25-19(29)14-7-10-27-17(11-14)24-18(15(12-28)20(27)30)26-8-5-4-6-9-26/h7,10-13H,4-6,8-9H2,1-3H3,(H,23,25,29). The van der Waals surface area contributed by atoms with Gasteiger partial charge in [0.2, 0.25) is 0 Å². The maximum absolute atomic E-state index is 12.8. The minimum Gasteiger partial charge on any atom is -0.356 e. The van der Waals surface area contributed by atoms with E-state index in [2.05, 4.69) is 36.1 Å². The number of carbonyl (C=O) groups is 2. The van der Waals surface area contributed by atoms with Gasteiger partial charge in [0.15, 0.2) is 11.4 Å². The molecular formula is C22H25N5O3S. The zero-order chi connectivity index (χ0) is 22.2. The van der Waals surface area contributed by atoms with Gasteiger partial charge in [-0.05, 0) is 31.4 Å². The van der Waals surface area contributed by atoms with Crippen LogP contribution in [0.15, 0.2) is 28.5 Å². The van der Waals surface area contributed by atoms with Gasteiger partial charge in [0, 0.05) is 35.6 Å². The second kappa shape index (κ2) is 8.22. The second-order valence-electron chi connectivity index (χ2n) is 8.71. The van der Waals surface area contributed by atoms with E-state index < -0.39 is 5.56 Å². The number of pyridine rings is 1. The predicted octanol–water partition coefficient (Wildman–Crippen LogP) is 3.50. The van der Waals surface area contributed by atoms with E-state index in [1.165, 1.54) is 21.9 Å². The zero-order valence-corrected chi connectivity index (χ0v) is 18.7. The lowest BCUT2D eigenvalue weighted by Crippen LogP contribution is -2.34. The molecule has 1 aliphatic rings. The van der Waals surface area contributed by atoms with Gasteiger partial charge in [0.1, 0.15) is 17.0 Å². The van der Waals surface area contributed by atoms with Gasteiger partial charge in [-0.15, -0.1) is 11.3 Å². The number of hydrogen-bond donors (Lipinski definition) is 1. The van der Waals surface area contributed by atoms with E-state index in [9.17, 15) is 14.4 Å². The van der Waals surface area contributed by atoms with E-state index in [0.29, 0.717) is 28.4 Å². The van der Waals surface area contributed by atoms with Crippen molar-refractivity contribution in [3.63, 3.8) is 0 Å². The van der Waals surface area contributed by atoms with Gasteiger partial charge in [-0.2, -0.15) is 0 Å². The summed E-state index contributed by atoms with van der Waals surface area (Å²) in [5, 5.41) is 5.27. The summed E-state index contributed by atoms with van der Waals surface area (Å²) < 4.78 is 1.30. The van der Waals surface area contributed by atoms with Gasteiger partial charge >= 0.3 is 0 Å². The number of anilines is 2. The molecule has 162 valence electrons. The van der Waals surface area contributed by atoms with E-state index in [-0.39, 0.29) is 16.9 Å². The summed E-state index contributed by atoms with van der Waals surface area (Å²) in [6, 6.07) is 3.11. The van der Waals surface area contributed by atoms with Crippen LogP contribution in [0.1, 0.15) is 66.4 Å². The topological polar surface area (TPSA) is 96.7 Å². The number of carbonyl (C=O) groups excluding carboxylic acids is 2. The lowest BCUT2D eigenvalue weighted by Gasteiger charge is -2.28. The van der Waals surface area contributed by atoms with Crippen LogP contribution in [0.25, 0.3) is 5.65 Å². The van der Waals surface area contributed by atoms with Crippen LogP contribution in [-0.2, 0) is 5.41 Å². The molecule has 1 fully saturated rings. The first kappa shape index (κ1) is 21.2. The molecule has 9 heteroatoms. The van der Waals surface area contributed by atoms with Gasteiger partial charge in [0.25, 0.3) is 11.5 Å². The molecule has 0 bridgehead atoms. The van der Waals surface area contributed by atoms with Crippen molar-refractivity contribution in [3.8, 4) is 0 Å². The quantitative estimate of drug-likeness (QED) is 0.625. The first-order valence-corrected chi connectivity index (χ1v) is 11.2. The third kappa shape index (κ3) is 4.23. The summed E-state index contributed by atoms with van der Waals surface area (Å²) in [5.74, 6) is 0.0672. The van der Waals surface area contributed by atoms with Crippen molar-refractivity contribution >= 4 is 40.1 Å². The molecule has 0 saturated carbocycles. The summed E-state index contributed by atoms with van der Waals surface area (Å²) in [6.07, 6.45) is 5.16. The molecule has 3 aromatic heterocycles. The number of rotatable bonds is 4. The smallest absolute Gasteiger partial charge is 0.270 e. The number of hydrogen-bond acceptors (Lipinski definition) is 7. The molecule has 3 aromatic rings. The van der Waals surface area contributed by atoms with Gasteiger partial charge in [0.05, 0.1) is 5.69 Å². The van der Waals surface area contributed by atoms with Crippen molar-refractivity contribution in [2.24, 2.45) is 0 Å². The molecule has 1 N–H and O–H groups in total. The minimum atomic E-state index is -0.428. The summed E-state index contributed by atoms with van der Waals surface area (Å²) in [4.78, 5) is 48.3. The van der Waals surface area contributed by atoms with Crippen molar-refractivity contribution in [3.05, 3.63) is 50.9 Å².